The molecule has 8 heteroatoms. The minimum Gasteiger partial charge on any atom is -0.508 e. The monoisotopic (exact) mass is 440 g/mol. The average molecular weight is 441 g/mol. The summed E-state index contributed by atoms with van der Waals surface area (Å²) in [6.07, 6.45) is -2.47. The maximum atomic E-state index is 13.4. The zero-order valence-electron chi connectivity index (χ0n) is 18.2. The van der Waals surface area contributed by atoms with Crippen molar-refractivity contribution in [2.75, 3.05) is 13.1 Å². The Morgan fingerprint density at radius 3 is 2.19 bits per heavy atom. The van der Waals surface area contributed by atoms with Crippen LogP contribution in [0.3, 0.4) is 0 Å². The van der Waals surface area contributed by atoms with Crippen molar-refractivity contribution < 1.29 is 27.9 Å². The van der Waals surface area contributed by atoms with Crippen LogP contribution in [0.15, 0.2) is 36.9 Å². The first kappa shape index (κ1) is 24.8. The molecule has 172 valence electrons. The standard InChI is InChI=1S/C23H31F3N2O3/c1-5-22(15(2)3,27-20(30)14-16(4)23(24,25)26)21(31)28-12-10-18(11-13-28)17-6-8-19(29)9-7-17/h5-9,15-16,18,29H,1,10-14H2,2-4H3,(H,27,30)/t16?,22-/m1/s1. The molecule has 2 N–H and O–H groups in total. The fraction of sp³-hybridized carbons (Fsp3) is 0.565. The van der Waals surface area contributed by atoms with Gasteiger partial charge >= 0.3 is 6.18 Å². The molecule has 1 saturated heterocycles. The highest BCUT2D eigenvalue weighted by molar-refractivity contribution is 5.94. The molecule has 2 amide bonds. The number of carbonyl (C=O) groups is 2. The summed E-state index contributed by atoms with van der Waals surface area (Å²) in [5.41, 5.74) is -0.383. The Bertz CT molecular complexity index is 784. The van der Waals surface area contributed by atoms with Crippen molar-refractivity contribution in [1.29, 1.82) is 0 Å². The van der Waals surface area contributed by atoms with E-state index in [1.54, 1.807) is 30.9 Å². The topological polar surface area (TPSA) is 69.6 Å². The second kappa shape index (κ2) is 9.75. The van der Waals surface area contributed by atoms with Gasteiger partial charge in [0, 0.05) is 19.5 Å². The Kier molecular flexibility index (Phi) is 7.78. The van der Waals surface area contributed by atoms with Gasteiger partial charge in [0.1, 0.15) is 11.3 Å². The van der Waals surface area contributed by atoms with Gasteiger partial charge in [-0.1, -0.05) is 39.0 Å². The molecule has 1 unspecified atom stereocenters. The molecule has 2 rings (SSSR count). The van der Waals surface area contributed by atoms with Crippen LogP contribution in [0.1, 0.15) is 51.5 Å². The van der Waals surface area contributed by atoms with Gasteiger partial charge in [0.25, 0.3) is 5.91 Å². The maximum absolute atomic E-state index is 13.4. The van der Waals surface area contributed by atoms with Crippen LogP contribution in [0.4, 0.5) is 13.2 Å². The zero-order valence-corrected chi connectivity index (χ0v) is 18.2. The predicted molar refractivity (Wildman–Crippen MR) is 112 cm³/mol. The first-order chi connectivity index (χ1) is 14.4. The van der Waals surface area contributed by atoms with Gasteiger partial charge in [-0.3, -0.25) is 9.59 Å². The summed E-state index contributed by atoms with van der Waals surface area (Å²) in [6.45, 7) is 9.04. The number of benzene rings is 1. The number of carbonyl (C=O) groups excluding carboxylic acids is 2. The van der Waals surface area contributed by atoms with Crippen molar-refractivity contribution in [2.24, 2.45) is 11.8 Å². The van der Waals surface area contributed by atoms with Crippen LogP contribution in [0.2, 0.25) is 0 Å². The summed E-state index contributed by atoms with van der Waals surface area (Å²) >= 11 is 0. The molecular weight excluding hydrogens is 409 g/mol. The molecule has 1 fully saturated rings. The normalized spacial score (nSPS) is 18.4. The number of hydrogen-bond acceptors (Lipinski definition) is 3. The van der Waals surface area contributed by atoms with E-state index in [2.05, 4.69) is 11.9 Å². The number of nitrogens with zero attached hydrogens (tertiary/aromatic N) is 1. The van der Waals surface area contributed by atoms with Crippen LogP contribution in [0.5, 0.6) is 5.75 Å². The quantitative estimate of drug-likeness (QED) is 0.618. The Balaban J connectivity index is 2.10. The van der Waals surface area contributed by atoms with E-state index < -0.39 is 35.9 Å². The average Bonchev–Trinajstić information content (AvgIpc) is 2.71. The Morgan fingerprint density at radius 2 is 1.74 bits per heavy atom. The molecule has 1 heterocycles. The number of likely N-dealkylation sites (tertiary alicyclic amines) is 1. The summed E-state index contributed by atoms with van der Waals surface area (Å²) in [7, 11) is 0. The van der Waals surface area contributed by atoms with Crippen LogP contribution >= 0.6 is 0 Å². The van der Waals surface area contributed by atoms with Gasteiger partial charge in [0.15, 0.2) is 0 Å². The van der Waals surface area contributed by atoms with Crippen LogP contribution in [-0.2, 0) is 9.59 Å². The third kappa shape index (κ3) is 5.80. The van der Waals surface area contributed by atoms with Crippen molar-refractivity contribution in [1.82, 2.24) is 10.2 Å². The number of alkyl halides is 3. The highest BCUT2D eigenvalue weighted by Gasteiger charge is 2.45. The SMILES string of the molecule is C=C[C@](NC(=O)CC(C)C(F)(F)F)(C(=O)N1CCC(c2ccc(O)cc2)CC1)C(C)C. The summed E-state index contributed by atoms with van der Waals surface area (Å²) in [5.74, 6) is -2.94. The number of aromatic hydroxyl groups is 1. The van der Waals surface area contributed by atoms with E-state index >= 15 is 0 Å². The van der Waals surface area contributed by atoms with Gasteiger partial charge in [-0.2, -0.15) is 13.2 Å². The molecule has 1 aliphatic rings. The number of nitrogens with one attached hydrogen (secondary N) is 1. The molecular formula is C23H31F3N2O3. The van der Waals surface area contributed by atoms with Gasteiger partial charge < -0.3 is 15.3 Å². The molecule has 31 heavy (non-hydrogen) atoms. The number of piperidine rings is 1. The van der Waals surface area contributed by atoms with Gasteiger partial charge in [-0.05, 0) is 42.4 Å². The highest BCUT2D eigenvalue weighted by Crippen LogP contribution is 2.32. The predicted octanol–water partition coefficient (Wildman–Crippen LogP) is 4.38. The van der Waals surface area contributed by atoms with Crippen LogP contribution in [0.25, 0.3) is 0 Å². The molecule has 1 aromatic carbocycles. The third-order valence-electron chi connectivity index (χ3n) is 6.13. The molecule has 5 nitrogen and oxygen atoms in total. The van der Waals surface area contributed by atoms with E-state index in [4.69, 9.17) is 0 Å². The smallest absolute Gasteiger partial charge is 0.392 e. The third-order valence-corrected chi connectivity index (χ3v) is 6.13. The number of hydrogen-bond donors (Lipinski definition) is 2. The van der Waals surface area contributed by atoms with E-state index in [0.717, 1.165) is 12.5 Å². The van der Waals surface area contributed by atoms with Crippen LogP contribution in [0, 0.1) is 11.8 Å². The first-order valence-corrected chi connectivity index (χ1v) is 10.5. The molecule has 1 aromatic rings. The van der Waals surface area contributed by atoms with E-state index in [0.29, 0.717) is 25.9 Å². The number of phenolic OH excluding ortho intramolecular Hbond substituents is 1. The van der Waals surface area contributed by atoms with E-state index in [-0.39, 0.29) is 17.6 Å². The second-order valence-corrected chi connectivity index (χ2v) is 8.58. The van der Waals surface area contributed by atoms with Crippen molar-refractivity contribution in [3.05, 3.63) is 42.5 Å². The minimum atomic E-state index is -4.48. The fourth-order valence-corrected chi connectivity index (χ4v) is 3.92. The number of halogens is 3. The van der Waals surface area contributed by atoms with Crippen molar-refractivity contribution in [3.63, 3.8) is 0 Å². The fourth-order valence-electron chi connectivity index (χ4n) is 3.92. The van der Waals surface area contributed by atoms with E-state index in [1.807, 2.05) is 12.1 Å². The van der Waals surface area contributed by atoms with Crippen LogP contribution in [-0.4, -0.2) is 46.6 Å². The zero-order chi connectivity index (χ0) is 23.4. The summed E-state index contributed by atoms with van der Waals surface area (Å²) < 4.78 is 38.5. The number of amides is 2. The largest absolute Gasteiger partial charge is 0.508 e. The Labute approximate surface area is 181 Å². The lowest BCUT2D eigenvalue weighted by Gasteiger charge is -2.41. The van der Waals surface area contributed by atoms with Gasteiger partial charge in [0.2, 0.25) is 5.91 Å². The maximum Gasteiger partial charge on any atom is 0.392 e. The van der Waals surface area contributed by atoms with E-state index in [9.17, 15) is 27.9 Å². The summed E-state index contributed by atoms with van der Waals surface area (Å²) in [5, 5.41) is 12.0. The lowest BCUT2D eigenvalue weighted by atomic mass is 9.82. The molecule has 2 atom stereocenters. The van der Waals surface area contributed by atoms with Crippen molar-refractivity contribution in [3.8, 4) is 5.75 Å². The molecule has 0 saturated carbocycles. The molecule has 0 aromatic heterocycles. The minimum absolute atomic E-state index is 0.194. The summed E-state index contributed by atoms with van der Waals surface area (Å²) in [4.78, 5) is 27.4. The van der Waals surface area contributed by atoms with Crippen molar-refractivity contribution >= 4 is 11.8 Å². The highest BCUT2D eigenvalue weighted by atomic mass is 19.4. The van der Waals surface area contributed by atoms with Gasteiger partial charge in [-0.15, -0.1) is 6.58 Å². The van der Waals surface area contributed by atoms with E-state index in [1.165, 1.54) is 6.08 Å². The molecule has 0 radical (unpaired) electrons. The Hall–Kier alpha value is -2.51. The molecule has 1 aliphatic heterocycles. The lowest BCUT2D eigenvalue weighted by molar-refractivity contribution is -0.174. The second-order valence-electron chi connectivity index (χ2n) is 8.58. The first-order valence-electron chi connectivity index (χ1n) is 10.5. The number of rotatable bonds is 7. The Morgan fingerprint density at radius 1 is 1.19 bits per heavy atom. The molecule has 0 aliphatic carbocycles. The van der Waals surface area contributed by atoms with Crippen LogP contribution < -0.4 is 5.32 Å². The molecule has 0 bridgehead atoms. The molecule has 0 spiro atoms. The van der Waals surface area contributed by atoms with Gasteiger partial charge in [-0.25, -0.2) is 0 Å². The van der Waals surface area contributed by atoms with Gasteiger partial charge in [0.05, 0.1) is 5.92 Å². The van der Waals surface area contributed by atoms with Crippen molar-refractivity contribution in [2.45, 2.75) is 57.7 Å². The lowest BCUT2D eigenvalue weighted by Crippen LogP contribution is -2.62. The summed E-state index contributed by atoms with van der Waals surface area (Å²) in [6, 6.07) is 6.99. The number of phenols is 1.